The molecule has 1 aliphatic carbocycles. The second kappa shape index (κ2) is 7.63. The summed E-state index contributed by atoms with van der Waals surface area (Å²) in [5.74, 6) is 0. The van der Waals surface area contributed by atoms with Crippen molar-refractivity contribution in [3.05, 3.63) is 35.4 Å². The lowest BCUT2D eigenvalue weighted by Gasteiger charge is -2.22. The number of carbonyl (C=O) groups is 1. The molecule has 0 unspecified atom stereocenters. The van der Waals surface area contributed by atoms with Crippen molar-refractivity contribution in [3.63, 3.8) is 0 Å². The van der Waals surface area contributed by atoms with E-state index < -0.39 is 0 Å². The Kier molecular flexibility index (Phi) is 5.33. The first-order chi connectivity index (χ1) is 10.8. The molecule has 1 fully saturated rings. The molecule has 0 bridgehead atoms. The van der Waals surface area contributed by atoms with E-state index in [-0.39, 0.29) is 12.1 Å². The summed E-state index contributed by atoms with van der Waals surface area (Å²) >= 11 is 0. The second-order valence-electron chi connectivity index (χ2n) is 6.32. The van der Waals surface area contributed by atoms with Gasteiger partial charge < -0.3 is 15.4 Å². The number of amides is 2. The standard InChI is InChI=1S/C18H26N2O2/c21-18(19-12-5-8-15-7-3-4-13-22-15)20-17-11-10-14-6-1-2-9-16(14)17/h1-2,6,9,15,17H,3-5,7-8,10-13H2,(H2,19,20,21)/t15-,17-/m1/s1. The fourth-order valence-corrected chi connectivity index (χ4v) is 3.48. The summed E-state index contributed by atoms with van der Waals surface area (Å²) in [6.45, 7) is 1.62. The van der Waals surface area contributed by atoms with Crippen LogP contribution in [0.25, 0.3) is 0 Å². The Morgan fingerprint density at radius 1 is 1.23 bits per heavy atom. The highest BCUT2D eigenvalue weighted by Gasteiger charge is 2.23. The average Bonchev–Trinajstić information content (AvgIpc) is 2.96. The summed E-state index contributed by atoms with van der Waals surface area (Å²) < 4.78 is 5.70. The highest BCUT2D eigenvalue weighted by molar-refractivity contribution is 5.74. The van der Waals surface area contributed by atoms with Crippen LogP contribution in [0.3, 0.4) is 0 Å². The zero-order chi connectivity index (χ0) is 15.2. The number of carbonyl (C=O) groups excluding carboxylic acids is 1. The maximum absolute atomic E-state index is 12.0. The molecule has 2 amide bonds. The molecule has 0 spiro atoms. The van der Waals surface area contributed by atoms with Crippen LogP contribution in [-0.4, -0.2) is 25.3 Å². The zero-order valence-electron chi connectivity index (χ0n) is 13.1. The predicted molar refractivity (Wildman–Crippen MR) is 86.9 cm³/mol. The molecule has 3 rings (SSSR count). The number of fused-ring (bicyclic) bond motifs is 1. The van der Waals surface area contributed by atoms with Crippen molar-refractivity contribution in [1.29, 1.82) is 0 Å². The molecule has 2 aliphatic rings. The molecule has 1 saturated heterocycles. The first-order valence-electron chi connectivity index (χ1n) is 8.57. The van der Waals surface area contributed by atoms with Gasteiger partial charge in [0.05, 0.1) is 12.1 Å². The van der Waals surface area contributed by atoms with Crippen LogP contribution >= 0.6 is 0 Å². The van der Waals surface area contributed by atoms with Gasteiger partial charge in [-0.15, -0.1) is 0 Å². The maximum atomic E-state index is 12.0. The van der Waals surface area contributed by atoms with Gasteiger partial charge in [-0.25, -0.2) is 4.79 Å². The molecule has 1 aromatic rings. The number of hydrogen-bond acceptors (Lipinski definition) is 2. The van der Waals surface area contributed by atoms with E-state index in [1.165, 1.54) is 30.4 Å². The van der Waals surface area contributed by atoms with Gasteiger partial charge in [-0.1, -0.05) is 24.3 Å². The second-order valence-corrected chi connectivity index (χ2v) is 6.32. The first kappa shape index (κ1) is 15.3. The summed E-state index contributed by atoms with van der Waals surface area (Å²) in [6, 6.07) is 8.49. The number of nitrogens with one attached hydrogen (secondary N) is 2. The van der Waals surface area contributed by atoms with Crippen molar-refractivity contribution in [2.75, 3.05) is 13.2 Å². The van der Waals surface area contributed by atoms with Crippen LogP contribution in [0, 0.1) is 0 Å². The van der Waals surface area contributed by atoms with E-state index in [2.05, 4.69) is 28.8 Å². The largest absolute Gasteiger partial charge is 0.378 e. The summed E-state index contributed by atoms with van der Waals surface area (Å²) in [5, 5.41) is 6.07. The highest BCUT2D eigenvalue weighted by Crippen LogP contribution is 2.30. The van der Waals surface area contributed by atoms with E-state index in [9.17, 15) is 4.79 Å². The van der Waals surface area contributed by atoms with Crippen LogP contribution in [0.5, 0.6) is 0 Å². The topological polar surface area (TPSA) is 50.4 Å². The Labute approximate surface area is 132 Å². The Hall–Kier alpha value is -1.55. The smallest absolute Gasteiger partial charge is 0.315 e. The molecule has 1 aromatic carbocycles. The van der Waals surface area contributed by atoms with Gasteiger partial charge in [0.1, 0.15) is 0 Å². The van der Waals surface area contributed by atoms with Gasteiger partial charge in [-0.2, -0.15) is 0 Å². The molecular formula is C18H26N2O2. The van der Waals surface area contributed by atoms with Gasteiger partial charge in [0, 0.05) is 13.2 Å². The Bertz CT molecular complexity index is 498. The molecule has 0 saturated carbocycles. The molecule has 4 heteroatoms. The van der Waals surface area contributed by atoms with Gasteiger partial charge in [-0.05, 0) is 56.1 Å². The van der Waals surface area contributed by atoms with E-state index in [4.69, 9.17) is 4.74 Å². The lowest BCUT2D eigenvalue weighted by Crippen LogP contribution is -2.38. The number of aryl methyl sites for hydroxylation is 1. The summed E-state index contributed by atoms with van der Waals surface area (Å²) in [6.07, 6.45) is 8.14. The van der Waals surface area contributed by atoms with E-state index in [1.807, 2.05) is 6.07 Å². The zero-order valence-corrected chi connectivity index (χ0v) is 13.1. The number of hydrogen-bond donors (Lipinski definition) is 2. The third kappa shape index (κ3) is 4.01. The molecule has 4 nitrogen and oxygen atoms in total. The van der Waals surface area contributed by atoms with Gasteiger partial charge >= 0.3 is 6.03 Å². The van der Waals surface area contributed by atoms with E-state index in [0.29, 0.717) is 6.10 Å². The monoisotopic (exact) mass is 302 g/mol. The van der Waals surface area contributed by atoms with Crippen LogP contribution in [0.15, 0.2) is 24.3 Å². The minimum Gasteiger partial charge on any atom is -0.378 e. The Morgan fingerprint density at radius 2 is 2.14 bits per heavy atom. The molecule has 2 N–H and O–H groups in total. The molecule has 120 valence electrons. The van der Waals surface area contributed by atoms with Crippen molar-refractivity contribution in [2.24, 2.45) is 0 Å². The van der Waals surface area contributed by atoms with Crippen LogP contribution in [0.1, 0.15) is 55.7 Å². The third-order valence-electron chi connectivity index (χ3n) is 4.70. The van der Waals surface area contributed by atoms with Crippen molar-refractivity contribution < 1.29 is 9.53 Å². The number of urea groups is 1. The maximum Gasteiger partial charge on any atom is 0.315 e. The minimum absolute atomic E-state index is 0.0498. The normalized spacial score (nSPS) is 23.8. The van der Waals surface area contributed by atoms with Gasteiger partial charge in [-0.3, -0.25) is 0 Å². The fraction of sp³-hybridized carbons (Fsp3) is 0.611. The lowest BCUT2D eigenvalue weighted by molar-refractivity contribution is 0.0103. The average molecular weight is 302 g/mol. The van der Waals surface area contributed by atoms with Crippen molar-refractivity contribution >= 4 is 6.03 Å². The van der Waals surface area contributed by atoms with Crippen LogP contribution in [0.2, 0.25) is 0 Å². The van der Waals surface area contributed by atoms with Gasteiger partial charge in [0.15, 0.2) is 0 Å². The van der Waals surface area contributed by atoms with Crippen molar-refractivity contribution in [1.82, 2.24) is 10.6 Å². The molecule has 2 atom stereocenters. The summed E-state index contributed by atoms with van der Waals surface area (Å²) in [4.78, 5) is 12.0. The molecule has 1 heterocycles. The van der Waals surface area contributed by atoms with E-state index in [0.717, 1.165) is 38.8 Å². The fourth-order valence-electron chi connectivity index (χ4n) is 3.48. The van der Waals surface area contributed by atoms with Gasteiger partial charge in [0.25, 0.3) is 0 Å². The Balaban J connectivity index is 1.35. The molecule has 0 aromatic heterocycles. The molecule has 22 heavy (non-hydrogen) atoms. The molecule has 0 radical (unpaired) electrons. The summed E-state index contributed by atoms with van der Waals surface area (Å²) in [5.41, 5.74) is 2.63. The van der Waals surface area contributed by atoms with Crippen LogP contribution < -0.4 is 10.6 Å². The quantitative estimate of drug-likeness (QED) is 0.820. The van der Waals surface area contributed by atoms with Crippen molar-refractivity contribution in [2.45, 2.75) is 57.1 Å². The highest BCUT2D eigenvalue weighted by atomic mass is 16.5. The van der Waals surface area contributed by atoms with E-state index >= 15 is 0 Å². The predicted octanol–water partition coefficient (Wildman–Crippen LogP) is 3.32. The summed E-state index contributed by atoms with van der Waals surface area (Å²) in [7, 11) is 0. The Morgan fingerprint density at radius 3 is 3.00 bits per heavy atom. The third-order valence-corrected chi connectivity index (χ3v) is 4.70. The first-order valence-corrected chi connectivity index (χ1v) is 8.57. The SMILES string of the molecule is O=C(NCCC[C@H]1CCCCO1)N[C@@H]1CCc2ccccc21. The molecule has 1 aliphatic heterocycles. The number of ether oxygens (including phenoxy) is 1. The number of benzene rings is 1. The lowest BCUT2D eigenvalue weighted by atomic mass is 10.0. The molecular weight excluding hydrogens is 276 g/mol. The van der Waals surface area contributed by atoms with Gasteiger partial charge in [0.2, 0.25) is 0 Å². The van der Waals surface area contributed by atoms with Crippen molar-refractivity contribution in [3.8, 4) is 0 Å². The van der Waals surface area contributed by atoms with E-state index in [1.54, 1.807) is 0 Å². The van der Waals surface area contributed by atoms with Crippen LogP contribution in [-0.2, 0) is 11.2 Å². The number of rotatable bonds is 5. The van der Waals surface area contributed by atoms with Crippen LogP contribution in [0.4, 0.5) is 4.79 Å². The minimum atomic E-state index is -0.0498.